The molecule has 1 atom stereocenters. The van der Waals surface area contributed by atoms with Crippen molar-refractivity contribution in [3.63, 3.8) is 0 Å². The predicted octanol–water partition coefficient (Wildman–Crippen LogP) is 0.592. The summed E-state index contributed by atoms with van der Waals surface area (Å²) in [6, 6.07) is 2.20. The third-order valence-electron chi connectivity index (χ3n) is 2.66. The Morgan fingerprint density at radius 2 is 2.33 bits per heavy atom. The van der Waals surface area contributed by atoms with Gasteiger partial charge in [0.2, 0.25) is 0 Å². The van der Waals surface area contributed by atoms with Crippen LogP contribution in [0.5, 0.6) is 0 Å². The van der Waals surface area contributed by atoms with Crippen molar-refractivity contribution < 1.29 is 4.74 Å². The van der Waals surface area contributed by atoms with Crippen LogP contribution in [0.15, 0.2) is 6.07 Å². The lowest BCUT2D eigenvalue weighted by Crippen LogP contribution is -2.32. The molecule has 1 saturated heterocycles. The summed E-state index contributed by atoms with van der Waals surface area (Å²) < 4.78 is 5.34. The van der Waals surface area contributed by atoms with Crippen LogP contribution in [0.3, 0.4) is 0 Å². The van der Waals surface area contributed by atoms with E-state index in [9.17, 15) is 0 Å². The molecule has 0 saturated carbocycles. The van der Waals surface area contributed by atoms with E-state index in [0.29, 0.717) is 17.7 Å². The molecule has 15 heavy (non-hydrogen) atoms. The van der Waals surface area contributed by atoms with E-state index in [-0.39, 0.29) is 0 Å². The Hall–Kier alpha value is -1.36. The summed E-state index contributed by atoms with van der Waals surface area (Å²) >= 11 is 0. The van der Waals surface area contributed by atoms with Gasteiger partial charge in [0.1, 0.15) is 17.5 Å². The van der Waals surface area contributed by atoms with E-state index < -0.39 is 0 Å². The minimum atomic E-state index is 0.402. The van der Waals surface area contributed by atoms with Crippen LogP contribution in [0.2, 0.25) is 0 Å². The molecule has 1 aliphatic rings. The topological polar surface area (TPSA) is 64.3 Å². The first-order chi connectivity index (χ1) is 7.16. The maximum absolute atomic E-state index is 5.69. The zero-order valence-electron chi connectivity index (χ0n) is 9.10. The van der Waals surface area contributed by atoms with Crippen LogP contribution in [-0.4, -0.2) is 36.3 Å². The van der Waals surface area contributed by atoms with Gasteiger partial charge in [-0.1, -0.05) is 0 Å². The van der Waals surface area contributed by atoms with E-state index in [1.54, 1.807) is 6.07 Å². The number of nitrogens with two attached hydrogens (primary N) is 1. The zero-order chi connectivity index (χ0) is 10.8. The maximum Gasteiger partial charge on any atom is 0.134 e. The van der Waals surface area contributed by atoms with Crippen molar-refractivity contribution in [2.24, 2.45) is 0 Å². The van der Waals surface area contributed by atoms with Gasteiger partial charge in [0.15, 0.2) is 0 Å². The van der Waals surface area contributed by atoms with E-state index in [4.69, 9.17) is 10.5 Å². The van der Waals surface area contributed by atoms with Gasteiger partial charge in [0.05, 0.1) is 12.6 Å². The van der Waals surface area contributed by atoms with Crippen LogP contribution in [0.4, 0.5) is 11.6 Å². The number of hydrogen-bond donors (Lipinski definition) is 1. The van der Waals surface area contributed by atoms with Gasteiger partial charge in [0, 0.05) is 19.7 Å². The summed E-state index contributed by atoms with van der Waals surface area (Å²) in [5.74, 6) is 2.09. The molecule has 82 valence electrons. The summed E-state index contributed by atoms with van der Waals surface area (Å²) in [4.78, 5) is 10.5. The highest BCUT2D eigenvalue weighted by Crippen LogP contribution is 2.19. The molecule has 0 aliphatic carbocycles. The first-order valence-electron chi connectivity index (χ1n) is 5.08. The van der Waals surface area contributed by atoms with Crippen molar-refractivity contribution in [2.45, 2.75) is 19.4 Å². The zero-order valence-corrected chi connectivity index (χ0v) is 9.10. The highest BCUT2D eigenvalue weighted by Gasteiger charge is 2.21. The van der Waals surface area contributed by atoms with Crippen LogP contribution in [-0.2, 0) is 4.74 Å². The molecule has 1 fully saturated rings. The number of aryl methyl sites for hydroxylation is 1. The fourth-order valence-corrected chi connectivity index (χ4v) is 1.77. The number of aromatic nitrogens is 2. The maximum atomic E-state index is 5.69. The Balaban J connectivity index is 2.20. The van der Waals surface area contributed by atoms with Crippen LogP contribution in [0.1, 0.15) is 12.2 Å². The van der Waals surface area contributed by atoms with Crippen LogP contribution in [0, 0.1) is 6.92 Å². The van der Waals surface area contributed by atoms with Gasteiger partial charge in [-0.2, -0.15) is 0 Å². The molecule has 0 aromatic carbocycles. The Kier molecular flexibility index (Phi) is 2.73. The van der Waals surface area contributed by atoms with E-state index >= 15 is 0 Å². The largest absolute Gasteiger partial charge is 0.384 e. The van der Waals surface area contributed by atoms with Gasteiger partial charge >= 0.3 is 0 Å². The molecule has 1 aromatic heterocycles. The average molecular weight is 208 g/mol. The molecule has 0 bridgehead atoms. The molecule has 5 nitrogen and oxygen atoms in total. The average Bonchev–Trinajstić information content (AvgIpc) is 2.67. The predicted molar refractivity (Wildman–Crippen MR) is 58.8 cm³/mol. The quantitative estimate of drug-likeness (QED) is 0.770. The van der Waals surface area contributed by atoms with Crippen LogP contribution < -0.4 is 10.6 Å². The number of nitrogen functional groups attached to an aromatic ring is 1. The second kappa shape index (κ2) is 4.02. The van der Waals surface area contributed by atoms with Gasteiger partial charge in [-0.25, -0.2) is 9.97 Å². The van der Waals surface area contributed by atoms with Crippen molar-refractivity contribution in [3.8, 4) is 0 Å². The van der Waals surface area contributed by atoms with Crippen molar-refractivity contribution in [3.05, 3.63) is 11.9 Å². The minimum Gasteiger partial charge on any atom is -0.384 e. The molecular weight excluding hydrogens is 192 g/mol. The lowest BCUT2D eigenvalue weighted by atomic mass is 10.2. The first-order valence-corrected chi connectivity index (χ1v) is 5.08. The Labute approximate surface area is 89.3 Å². The molecule has 5 heteroatoms. The van der Waals surface area contributed by atoms with Crippen molar-refractivity contribution >= 4 is 11.6 Å². The summed E-state index contributed by atoms with van der Waals surface area (Å²) in [6.07, 6.45) is 1.04. The summed E-state index contributed by atoms with van der Waals surface area (Å²) in [5, 5.41) is 0. The van der Waals surface area contributed by atoms with E-state index in [2.05, 4.69) is 14.9 Å². The van der Waals surface area contributed by atoms with Gasteiger partial charge < -0.3 is 15.4 Å². The SMILES string of the molecule is Cc1nc(N)cc(N(C)C2CCOC2)n1. The van der Waals surface area contributed by atoms with Gasteiger partial charge in [-0.05, 0) is 13.3 Å². The van der Waals surface area contributed by atoms with Gasteiger partial charge in [-0.15, -0.1) is 0 Å². The van der Waals surface area contributed by atoms with Crippen molar-refractivity contribution in [1.82, 2.24) is 9.97 Å². The number of ether oxygens (including phenoxy) is 1. The minimum absolute atomic E-state index is 0.402. The molecule has 0 radical (unpaired) electrons. The Morgan fingerprint density at radius 1 is 1.53 bits per heavy atom. The van der Waals surface area contributed by atoms with Crippen molar-refractivity contribution in [2.75, 3.05) is 30.9 Å². The number of anilines is 2. The fraction of sp³-hybridized carbons (Fsp3) is 0.600. The molecule has 1 unspecified atom stereocenters. The van der Waals surface area contributed by atoms with Crippen LogP contribution >= 0.6 is 0 Å². The van der Waals surface area contributed by atoms with Gasteiger partial charge in [0.25, 0.3) is 0 Å². The fourth-order valence-electron chi connectivity index (χ4n) is 1.77. The highest BCUT2D eigenvalue weighted by atomic mass is 16.5. The molecule has 1 aliphatic heterocycles. The second-order valence-electron chi connectivity index (χ2n) is 3.83. The van der Waals surface area contributed by atoms with E-state index in [0.717, 1.165) is 25.5 Å². The molecule has 0 amide bonds. The third kappa shape index (κ3) is 2.18. The third-order valence-corrected chi connectivity index (χ3v) is 2.66. The smallest absolute Gasteiger partial charge is 0.134 e. The number of hydrogen-bond acceptors (Lipinski definition) is 5. The number of likely N-dealkylation sites (N-methyl/N-ethyl adjacent to an activating group) is 1. The molecule has 2 N–H and O–H groups in total. The van der Waals surface area contributed by atoms with Gasteiger partial charge in [-0.3, -0.25) is 0 Å². The Bertz CT molecular complexity index is 329. The lowest BCUT2D eigenvalue weighted by molar-refractivity contribution is 0.193. The Morgan fingerprint density at radius 3 is 2.93 bits per heavy atom. The molecule has 0 spiro atoms. The molecule has 1 aromatic rings. The molecular formula is C10H16N4O. The van der Waals surface area contributed by atoms with E-state index in [1.807, 2.05) is 14.0 Å². The molecule has 2 heterocycles. The second-order valence-corrected chi connectivity index (χ2v) is 3.83. The molecule has 2 rings (SSSR count). The summed E-state index contributed by atoms with van der Waals surface area (Å²) in [7, 11) is 2.01. The van der Waals surface area contributed by atoms with Crippen LogP contribution in [0.25, 0.3) is 0 Å². The normalized spacial score (nSPS) is 20.5. The summed E-state index contributed by atoms with van der Waals surface area (Å²) in [6.45, 7) is 3.44. The van der Waals surface area contributed by atoms with Crippen molar-refractivity contribution in [1.29, 1.82) is 0 Å². The standard InChI is InChI=1S/C10H16N4O/c1-7-12-9(11)5-10(13-7)14(2)8-3-4-15-6-8/h5,8H,3-4,6H2,1-2H3,(H2,11,12,13). The number of nitrogens with zero attached hydrogens (tertiary/aromatic N) is 3. The lowest BCUT2D eigenvalue weighted by Gasteiger charge is -2.24. The highest BCUT2D eigenvalue weighted by molar-refractivity contribution is 5.47. The summed E-state index contributed by atoms with van der Waals surface area (Å²) in [5.41, 5.74) is 5.69. The monoisotopic (exact) mass is 208 g/mol. The number of rotatable bonds is 2. The first kappa shape index (κ1) is 10.2. The van der Waals surface area contributed by atoms with E-state index in [1.165, 1.54) is 0 Å².